The highest BCUT2D eigenvalue weighted by molar-refractivity contribution is 6.04. The van der Waals surface area contributed by atoms with E-state index < -0.39 is 5.97 Å². The number of hydrogen-bond acceptors (Lipinski definition) is 3. The van der Waals surface area contributed by atoms with Crippen LogP contribution >= 0.6 is 0 Å². The lowest BCUT2D eigenvalue weighted by molar-refractivity contribution is 0.0695. The van der Waals surface area contributed by atoms with Crippen molar-refractivity contribution in [3.63, 3.8) is 0 Å². The first-order valence-corrected chi connectivity index (χ1v) is 5.65. The third-order valence-electron chi connectivity index (χ3n) is 2.71. The minimum Gasteiger partial charge on any atom is -0.478 e. The van der Waals surface area contributed by atoms with Crippen LogP contribution in [-0.2, 0) is 0 Å². The van der Waals surface area contributed by atoms with Crippen LogP contribution in [0.15, 0.2) is 42.6 Å². The fourth-order valence-corrected chi connectivity index (χ4v) is 1.69. The van der Waals surface area contributed by atoms with E-state index >= 15 is 0 Å². The Labute approximate surface area is 109 Å². The molecular weight excluding hydrogens is 244 g/mol. The molecule has 0 saturated heterocycles. The van der Waals surface area contributed by atoms with E-state index in [0.29, 0.717) is 11.3 Å². The zero-order valence-corrected chi connectivity index (χ0v) is 10.3. The molecule has 1 heterocycles. The molecular formula is C14H12N2O3. The van der Waals surface area contributed by atoms with Crippen molar-refractivity contribution in [2.75, 3.05) is 5.32 Å². The van der Waals surface area contributed by atoms with Crippen LogP contribution in [-0.4, -0.2) is 22.0 Å². The van der Waals surface area contributed by atoms with Crippen molar-refractivity contribution >= 4 is 17.6 Å². The fourth-order valence-electron chi connectivity index (χ4n) is 1.69. The van der Waals surface area contributed by atoms with E-state index in [1.54, 1.807) is 37.3 Å². The summed E-state index contributed by atoms with van der Waals surface area (Å²) in [6.45, 7) is 1.65. The van der Waals surface area contributed by atoms with E-state index in [1.165, 1.54) is 12.3 Å². The number of aromatic nitrogens is 1. The Hall–Kier alpha value is -2.69. The molecule has 5 nitrogen and oxygen atoms in total. The van der Waals surface area contributed by atoms with Gasteiger partial charge < -0.3 is 10.4 Å². The molecule has 0 fully saturated rings. The van der Waals surface area contributed by atoms with Crippen molar-refractivity contribution < 1.29 is 14.7 Å². The molecule has 96 valence electrons. The number of pyridine rings is 1. The summed E-state index contributed by atoms with van der Waals surface area (Å²) in [4.78, 5) is 26.9. The summed E-state index contributed by atoms with van der Waals surface area (Å²) in [5, 5.41) is 11.7. The first kappa shape index (κ1) is 12.8. The molecule has 1 aromatic heterocycles. The molecule has 5 heteroatoms. The zero-order chi connectivity index (χ0) is 13.8. The molecule has 2 aromatic rings. The quantitative estimate of drug-likeness (QED) is 0.883. The summed E-state index contributed by atoms with van der Waals surface area (Å²) in [5.41, 5.74) is 1.43. The SMILES string of the molecule is Cc1c(NC(=O)c2ccccn2)cccc1C(=O)O. The number of rotatable bonds is 3. The van der Waals surface area contributed by atoms with Crippen LogP contribution in [0.5, 0.6) is 0 Å². The molecule has 0 atom stereocenters. The normalized spacial score (nSPS) is 9.95. The number of carbonyl (C=O) groups excluding carboxylic acids is 1. The monoisotopic (exact) mass is 256 g/mol. The molecule has 0 aliphatic heterocycles. The van der Waals surface area contributed by atoms with Gasteiger partial charge in [-0.1, -0.05) is 12.1 Å². The summed E-state index contributed by atoms with van der Waals surface area (Å²) in [6.07, 6.45) is 1.52. The van der Waals surface area contributed by atoms with Gasteiger partial charge in [-0.05, 0) is 36.8 Å². The lowest BCUT2D eigenvalue weighted by Crippen LogP contribution is -2.15. The maximum atomic E-state index is 11.9. The second-order valence-electron chi connectivity index (χ2n) is 3.95. The first-order chi connectivity index (χ1) is 9.09. The Morgan fingerprint density at radius 2 is 1.95 bits per heavy atom. The minimum absolute atomic E-state index is 0.166. The van der Waals surface area contributed by atoms with E-state index in [1.807, 2.05) is 0 Å². The van der Waals surface area contributed by atoms with Gasteiger partial charge in [0.25, 0.3) is 5.91 Å². The second-order valence-corrected chi connectivity index (χ2v) is 3.95. The number of benzene rings is 1. The number of carbonyl (C=O) groups is 2. The predicted octanol–water partition coefficient (Wildman–Crippen LogP) is 2.34. The van der Waals surface area contributed by atoms with Crippen LogP contribution in [0, 0.1) is 6.92 Å². The molecule has 2 N–H and O–H groups in total. The van der Waals surface area contributed by atoms with Gasteiger partial charge in [-0.15, -0.1) is 0 Å². The van der Waals surface area contributed by atoms with Gasteiger partial charge in [0.15, 0.2) is 0 Å². The Balaban J connectivity index is 2.27. The number of carboxylic acid groups (broad SMARTS) is 1. The van der Waals surface area contributed by atoms with Crippen LogP contribution in [0.25, 0.3) is 0 Å². The number of carboxylic acids is 1. The average Bonchev–Trinajstić information content (AvgIpc) is 2.41. The van der Waals surface area contributed by atoms with E-state index in [-0.39, 0.29) is 17.2 Å². The Kier molecular flexibility index (Phi) is 3.56. The highest BCUT2D eigenvalue weighted by Gasteiger charge is 2.13. The van der Waals surface area contributed by atoms with Crippen molar-refractivity contribution in [1.82, 2.24) is 4.98 Å². The minimum atomic E-state index is -1.02. The van der Waals surface area contributed by atoms with Gasteiger partial charge in [0.05, 0.1) is 5.56 Å². The fraction of sp³-hybridized carbons (Fsp3) is 0.0714. The summed E-state index contributed by atoms with van der Waals surface area (Å²) in [7, 11) is 0. The second kappa shape index (κ2) is 5.30. The Morgan fingerprint density at radius 1 is 1.16 bits per heavy atom. The molecule has 1 aromatic carbocycles. The molecule has 0 radical (unpaired) electrons. The van der Waals surface area contributed by atoms with E-state index in [0.717, 1.165) is 0 Å². The topological polar surface area (TPSA) is 79.3 Å². The summed E-state index contributed by atoms with van der Waals surface area (Å²) in [5.74, 6) is -1.39. The molecule has 1 amide bonds. The zero-order valence-electron chi connectivity index (χ0n) is 10.3. The molecule has 0 aliphatic carbocycles. The van der Waals surface area contributed by atoms with E-state index in [4.69, 9.17) is 5.11 Å². The molecule has 19 heavy (non-hydrogen) atoms. The van der Waals surface area contributed by atoms with Gasteiger partial charge in [-0.2, -0.15) is 0 Å². The van der Waals surface area contributed by atoms with Crippen LogP contribution in [0.3, 0.4) is 0 Å². The van der Waals surface area contributed by atoms with E-state index in [2.05, 4.69) is 10.3 Å². The third-order valence-corrected chi connectivity index (χ3v) is 2.71. The van der Waals surface area contributed by atoms with Crippen LogP contribution in [0.2, 0.25) is 0 Å². The first-order valence-electron chi connectivity index (χ1n) is 5.65. The van der Waals surface area contributed by atoms with Gasteiger partial charge >= 0.3 is 5.97 Å². The van der Waals surface area contributed by atoms with Gasteiger partial charge in [0.2, 0.25) is 0 Å². The number of amides is 1. The molecule has 0 aliphatic rings. The van der Waals surface area contributed by atoms with Gasteiger partial charge in [0.1, 0.15) is 5.69 Å². The van der Waals surface area contributed by atoms with Crippen LogP contribution in [0.4, 0.5) is 5.69 Å². The number of hydrogen-bond donors (Lipinski definition) is 2. The standard InChI is InChI=1S/C14H12N2O3/c1-9-10(14(18)19)5-4-7-11(9)16-13(17)12-6-2-3-8-15-12/h2-8H,1H3,(H,16,17)(H,18,19). The molecule has 0 spiro atoms. The highest BCUT2D eigenvalue weighted by atomic mass is 16.4. The molecule has 0 bridgehead atoms. The number of nitrogens with zero attached hydrogens (tertiary/aromatic N) is 1. The maximum Gasteiger partial charge on any atom is 0.336 e. The number of anilines is 1. The van der Waals surface area contributed by atoms with Crippen molar-refractivity contribution in [3.05, 3.63) is 59.4 Å². The largest absolute Gasteiger partial charge is 0.478 e. The maximum absolute atomic E-state index is 11.9. The third kappa shape index (κ3) is 2.77. The number of aromatic carboxylic acids is 1. The summed E-state index contributed by atoms with van der Waals surface area (Å²) >= 11 is 0. The molecule has 0 unspecified atom stereocenters. The van der Waals surface area contributed by atoms with Crippen LogP contribution in [0.1, 0.15) is 26.4 Å². The smallest absolute Gasteiger partial charge is 0.336 e. The molecule has 2 rings (SSSR count). The van der Waals surface area contributed by atoms with Crippen molar-refractivity contribution in [3.8, 4) is 0 Å². The average molecular weight is 256 g/mol. The molecule has 0 saturated carbocycles. The summed E-state index contributed by atoms with van der Waals surface area (Å²) in [6, 6.07) is 9.75. The Morgan fingerprint density at radius 3 is 2.58 bits per heavy atom. The highest BCUT2D eigenvalue weighted by Crippen LogP contribution is 2.19. The van der Waals surface area contributed by atoms with Gasteiger partial charge in [-0.25, -0.2) is 4.79 Å². The summed E-state index contributed by atoms with van der Waals surface area (Å²) < 4.78 is 0. The van der Waals surface area contributed by atoms with Gasteiger partial charge in [-0.3, -0.25) is 9.78 Å². The van der Waals surface area contributed by atoms with Crippen LogP contribution < -0.4 is 5.32 Å². The lowest BCUT2D eigenvalue weighted by Gasteiger charge is -2.09. The number of nitrogens with one attached hydrogen (secondary N) is 1. The lowest BCUT2D eigenvalue weighted by atomic mass is 10.1. The van der Waals surface area contributed by atoms with Crippen molar-refractivity contribution in [2.24, 2.45) is 0 Å². The van der Waals surface area contributed by atoms with Crippen molar-refractivity contribution in [2.45, 2.75) is 6.92 Å². The van der Waals surface area contributed by atoms with E-state index in [9.17, 15) is 9.59 Å². The predicted molar refractivity (Wildman–Crippen MR) is 70.3 cm³/mol. The Bertz CT molecular complexity index is 624. The van der Waals surface area contributed by atoms with Gasteiger partial charge in [0, 0.05) is 11.9 Å². The van der Waals surface area contributed by atoms with Crippen molar-refractivity contribution in [1.29, 1.82) is 0 Å².